The topological polar surface area (TPSA) is 86.7 Å². The molecule has 0 bridgehead atoms. The molecule has 1 atom stereocenters. The fraction of sp³-hybridized carbons (Fsp3) is 0.176. The highest BCUT2D eigenvalue weighted by Crippen LogP contribution is 2.38. The lowest BCUT2D eigenvalue weighted by Crippen LogP contribution is -2.31. The molecule has 0 radical (unpaired) electrons. The van der Waals surface area contributed by atoms with E-state index in [0.717, 1.165) is 6.07 Å². The van der Waals surface area contributed by atoms with Crippen molar-refractivity contribution in [1.82, 2.24) is 9.55 Å². The summed E-state index contributed by atoms with van der Waals surface area (Å²) in [7, 11) is 0. The number of alkyl halides is 4. The van der Waals surface area contributed by atoms with Gasteiger partial charge in [0.05, 0.1) is 11.0 Å². The van der Waals surface area contributed by atoms with E-state index in [9.17, 15) is 17.6 Å². The zero-order valence-corrected chi connectivity index (χ0v) is 14.0. The smallest absolute Gasteiger partial charge is 0.387 e. The Morgan fingerprint density at radius 1 is 1.04 bits per heavy atom. The largest absolute Gasteiger partial charge is 0.435 e. The highest BCUT2D eigenvalue weighted by atomic mass is 19.3. The molecule has 0 aliphatic carbocycles. The number of rotatable bonds is 5. The average Bonchev–Trinajstić information content (AvgIpc) is 2.98. The molecule has 11 heteroatoms. The Bertz CT molecular complexity index is 1050. The number of aliphatic imine (C=N–C) groups is 1. The molecule has 146 valence electrons. The van der Waals surface area contributed by atoms with Crippen LogP contribution in [0.3, 0.4) is 0 Å². The number of halogens is 4. The summed E-state index contributed by atoms with van der Waals surface area (Å²) in [5.41, 5.74) is 7.30. The maximum atomic E-state index is 12.9. The molecule has 1 unspecified atom stereocenters. The van der Waals surface area contributed by atoms with E-state index in [0.29, 0.717) is 17.0 Å². The number of fused-ring (bicyclic) bond motifs is 3. The van der Waals surface area contributed by atoms with Crippen LogP contribution in [0.4, 0.5) is 23.5 Å². The zero-order chi connectivity index (χ0) is 19.8. The van der Waals surface area contributed by atoms with Gasteiger partial charge in [-0.2, -0.15) is 17.6 Å². The van der Waals surface area contributed by atoms with Crippen LogP contribution in [0.2, 0.25) is 0 Å². The summed E-state index contributed by atoms with van der Waals surface area (Å²) in [5, 5.41) is 2.81. The van der Waals surface area contributed by atoms with Crippen LogP contribution in [-0.2, 0) is 0 Å². The molecule has 4 rings (SSSR count). The van der Waals surface area contributed by atoms with Gasteiger partial charge < -0.3 is 15.2 Å². The number of ether oxygens (including phenoxy) is 2. The van der Waals surface area contributed by atoms with Crippen molar-refractivity contribution >= 4 is 22.9 Å². The second-order valence-electron chi connectivity index (χ2n) is 5.76. The van der Waals surface area contributed by atoms with Gasteiger partial charge in [-0.1, -0.05) is 12.1 Å². The minimum absolute atomic E-state index is 0.0173. The summed E-state index contributed by atoms with van der Waals surface area (Å²) in [5.74, 6) is -0.311. The van der Waals surface area contributed by atoms with Gasteiger partial charge in [0, 0.05) is 11.6 Å². The van der Waals surface area contributed by atoms with E-state index in [1.54, 1.807) is 28.8 Å². The van der Waals surface area contributed by atoms with Crippen molar-refractivity contribution in [2.75, 3.05) is 5.32 Å². The molecule has 7 nitrogen and oxygen atoms in total. The highest BCUT2D eigenvalue weighted by molar-refractivity contribution is 5.94. The van der Waals surface area contributed by atoms with Crippen LogP contribution in [0.5, 0.6) is 11.5 Å². The molecular formula is C17H13F4N5O2. The predicted octanol–water partition coefficient (Wildman–Crippen LogP) is 3.53. The van der Waals surface area contributed by atoms with Crippen LogP contribution in [0.15, 0.2) is 47.5 Å². The summed E-state index contributed by atoms with van der Waals surface area (Å²) in [6.45, 7) is -6.29. The summed E-state index contributed by atoms with van der Waals surface area (Å²) in [6.07, 6.45) is -0.905. The fourth-order valence-corrected chi connectivity index (χ4v) is 3.03. The zero-order valence-electron chi connectivity index (χ0n) is 14.0. The predicted molar refractivity (Wildman–Crippen MR) is 92.8 cm³/mol. The van der Waals surface area contributed by atoms with E-state index in [1.165, 1.54) is 12.1 Å². The van der Waals surface area contributed by atoms with Gasteiger partial charge >= 0.3 is 13.2 Å². The molecule has 0 saturated carbocycles. The van der Waals surface area contributed by atoms with Crippen molar-refractivity contribution in [3.05, 3.63) is 48.0 Å². The normalized spacial score (nSPS) is 16.1. The van der Waals surface area contributed by atoms with Crippen molar-refractivity contribution < 1.29 is 27.0 Å². The van der Waals surface area contributed by atoms with Crippen LogP contribution >= 0.6 is 0 Å². The van der Waals surface area contributed by atoms with Crippen molar-refractivity contribution in [2.24, 2.45) is 10.7 Å². The molecule has 0 fully saturated rings. The Balaban J connectivity index is 1.87. The maximum Gasteiger partial charge on any atom is 0.387 e. The molecule has 2 heterocycles. The molecule has 0 saturated heterocycles. The Kier molecular flexibility index (Phi) is 4.41. The number of nitrogens with zero attached hydrogens (tertiary/aromatic N) is 3. The number of para-hydroxylation sites is 2. The summed E-state index contributed by atoms with van der Waals surface area (Å²) >= 11 is 0. The van der Waals surface area contributed by atoms with Crippen LogP contribution in [0.1, 0.15) is 11.7 Å². The van der Waals surface area contributed by atoms with Gasteiger partial charge in [-0.25, -0.2) is 9.98 Å². The van der Waals surface area contributed by atoms with Gasteiger partial charge in [-0.05, 0) is 24.3 Å². The van der Waals surface area contributed by atoms with Crippen molar-refractivity contribution in [1.29, 1.82) is 0 Å². The molecule has 1 aliphatic rings. The number of imidazole rings is 1. The third kappa shape index (κ3) is 3.26. The monoisotopic (exact) mass is 395 g/mol. The van der Waals surface area contributed by atoms with Gasteiger partial charge in [-0.15, -0.1) is 0 Å². The Morgan fingerprint density at radius 3 is 2.54 bits per heavy atom. The Labute approximate surface area is 155 Å². The van der Waals surface area contributed by atoms with E-state index in [2.05, 4.69) is 24.8 Å². The van der Waals surface area contributed by atoms with E-state index < -0.39 is 19.4 Å². The lowest BCUT2D eigenvalue weighted by molar-refractivity contribution is -0.0548. The van der Waals surface area contributed by atoms with E-state index >= 15 is 0 Å². The second-order valence-corrected chi connectivity index (χ2v) is 5.76. The van der Waals surface area contributed by atoms with Gasteiger partial charge in [0.1, 0.15) is 11.5 Å². The number of nitrogens with one attached hydrogen (secondary N) is 1. The molecule has 1 aliphatic heterocycles. The number of anilines is 1. The minimum Gasteiger partial charge on any atom is -0.435 e. The molecule has 0 amide bonds. The first-order chi connectivity index (χ1) is 13.4. The average molecular weight is 395 g/mol. The second kappa shape index (κ2) is 6.91. The number of hydrogen-bond acceptors (Lipinski definition) is 6. The quantitative estimate of drug-likeness (QED) is 0.646. The SMILES string of the molecule is NC1=NC(c2ccc(OC(F)F)cc2OC(F)F)n2c(nc3ccccc32)N1. The third-order valence-electron chi connectivity index (χ3n) is 4.05. The van der Waals surface area contributed by atoms with Crippen molar-refractivity contribution in [3.63, 3.8) is 0 Å². The summed E-state index contributed by atoms with van der Waals surface area (Å²) < 4.78 is 61.3. The maximum absolute atomic E-state index is 12.9. The Morgan fingerprint density at radius 2 is 1.79 bits per heavy atom. The number of nitrogens with two attached hydrogens (primary N) is 1. The number of hydrogen-bond donors (Lipinski definition) is 2. The van der Waals surface area contributed by atoms with E-state index in [1.807, 2.05) is 0 Å². The summed E-state index contributed by atoms with van der Waals surface area (Å²) in [6, 6.07) is 10.6. The lowest BCUT2D eigenvalue weighted by atomic mass is 10.1. The van der Waals surface area contributed by atoms with Crippen LogP contribution < -0.4 is 20.5 Å². The molecule has 1 aromatic heterocycles. The number of guanidine groups is 1. The number of benzene rings is 2. The van der Waals surface area contributed by atoms with Gasteiger partial charge in [0.25, 0.3) is 0 Å². The first kappa shape index (κ1) is 17.9. The molecule has 0 spiro atoms. The Hall–Kier alpha value is -3.50. The van der Waals surface area contributed by atoms with Crippen LogP contribution in [0.25, 0.3) is 11.0 Å². The van der Waals surface area contributed by atoms with E-state index in [4.69, 9.17) is 5.73 Å². The van der Waals surface area contributed by atoms with Gasteiger partial charge in [0.2, 0.25) is 5.95 Å². The minimum atomic E-state index is -3.18. The highest BCUT2D eigenvalue weighted by Gasteiger charge is 2.28. The lowest BCUT2D eigenvalue weighted by Gasteiger charge is -2.25. The van der Waals surface area contributed by atoms with Crippen LogP contribution in [0, 0.1) is 0 Å². The summed E-state index contributed by atoms with van der Waals surface area (Å²) in [4.78, 5) is 8.67. The third-order valence-corrected chi connectivity index (χ3v) is 4.05. The van der Waals surface area contributed by atoms with Crippen molar-refractivity contribution in [2.45, 2.75) is 19.4 Å². The number of aromatic nitrogens is 2. The molecule has 28 heavy (non-hydrogen) atoms. The van der Waals surface area contributed by atoms with Gasteiger partial charge in [-0.3, -0.25) is 9.88 Å². The standard InChI is InChI=1S/C17H13F4N5O2/c18-14(19)27-8-5-6-9(12(7-8)28-15(20)21)13-24-16(22)25-17-23-10-3-1-2-4-11(10)26(13)17/h1-7,13-15H,(H3,22,23,24,25). The van der Waals surface area contributed by atoms with Crippen molar-refractivity contribution in [3.8, 4) is 11.5 Å². The van der Waals surface area contributed by atoms with Gasteiger partial charge in [0.15, 0.2) is 12.1 Å². The molecule has 2 aromatic carbocycles. The molecule has 3 N–H and O–H groups in total. The molecular weight excluding hydrogens is 382 g/mol. The molecule has 3 aromatic rings. The van der Waals surface area contributed by atoms with E-state index in [-0.39, 0.29) is 23.0 Å². The first-order valence-electron chi connectivity index (χ1n) is 8.03. The van der Waals surface area contributed by atoms with Crippen LogP contribution in [-0.4, -0.2) is 28.7 Å². The first-order valence-corrected chi connectivity index (χ1v) is 8.03. The fourth-order valence-electron chi connectivity index (χ4n) is 3.03.